The Hall–Kier alpha value is -3.14. The average molecular weight is 523 g/mol. The number of benzene rings is 2. The number of nitrogens with zero attached hydrogens (tertiary/aromatic N) is 4. The molecule has 9 heteroatoms. The molecular formula is C23H15BrN4O2S2. The van der Waals surface area contributed by atoms with Crippen LogP contribution in [-0.4, -0.2) is 21.3 Å². The normalized spacial score (nSPS) is 12.6. The number of carbonyl (C=O) groups excluding carboxylic acids is 1. The van der Waals surface area contributed by atoms with Gasteiger partial charge in [0, 0.05) is 9.86 Å². The number of fused-ring (bicyclic) bond motifs is 1. The number of hydrogen-bond acceptors (Lipinski definition) is 7. The fourth-order valence-electron chi connectivity index (χ4n) is 3.05. The van der Waals surface area contributed by atoms with Crippen molar-refractivity contribution < 1.29 is 9.21 Å². The van der Waals surface area contributed by atoms with Gasteiger partial charge >= 0.3 is 0 Å². The zero-order chi connectivity index (χ0) is 22.1. The maximum absolute atomic E-state index is 12.8. The van der Waals surface area contributed by atoms with Crippen molar-refractivity contribution in [1.29, 1.82) is 0 Å². The topological polar surface area (TPSA) is 72.8 Å². The van der Waals surface area contributed by atoms with Crippen LogP contribution in [0.2, 0.25) is 0 Å². The summed E-state index contributed by atoms with van der Waals surface area (Å²) in [5.74, 6) is 0.507. The molecule has 0 aliphatic heterocycles. The molecule has 32 heavy (non-hydrogen) atoms. The highest BCUT2D eigenvalue weighted by Gasteiger charge is 2.17. The van der Waals surface area contributed by atoms with Gasteiger partial charge in [-0.3, -0.25) is 4.79 Å². The molecule has 0 saturated heterocycles. The van der Waals surface area contributed by atoms with Crippen molar-refractivity contribution in [2.75, 3.05) is 0 Å². The van der Waals surface area contributed by atoms with Crippen molar-refractivity contribution in [3.8, 4) is 5.69 Å². The number of para-hydroxylation sites is 1. The fourth-order valence-corrected chi connectivity index (χ4v) is 4.97. The van der Waals surface area contributed by atoms with E-state index in [4.69, 9.17) is 4.42 Å². The van der Waals surface area contributed by atoms with E-state index < -0.39 is 0 Å². The maximum atomic E-state index is 12.8. The minimum absolute atomic E-state index is 0.125. The van der Waals surface area contributed by atoms with Gasteiger partial charge in [-0.25, -0.2) is 4.68 Å². The molecule has 0 N–H and O–H groups in total. The van der Waals surface area contributed by atoms with Crippen molar-refractivity contribution in [3.63, 3.8) is 0 Å². The highest BCUT2D eigenvalue weighted by Crippen LogP contribution is 2.24. The number of carbonyl (C=O) groups is 1. The Labute approximate surface area is 199 Å². The quantitative estimate of drug-likeness (QED) is 0.160. The second-order valence-corrected chi connectivity index (χ2v) is 9.64. The number of rotatable bonds is 5. The second-order valence-electron chi connectivity index (χ2n) is 6.82. The number of ketones is 1. The first-order valence-electron chi connectivity index (χ1n) is 9.60. The van der Waals surface area contributed by atoms with E-state index in [0.29, 0.717) is 26.2 Å². The van der Waals surface area contributed by atoms with Crippen LogP contribution in [0.15, 0.2) is 91.2 Å². The molecule has 0 bridgehead atoms. The van der Waals surface area contributed by atoms with E-state index in [1.807, 2.05) is 73.0 Å². The van der Waals surface area contributed by atoms with Crippen LogP contribution in [-0.2, 0) is 0 Å². The smallest absolute Gasteiger partial charge is 0.233 e. The van der Waals surface area contributed by atoms with Gasteiger partial charge in [-0.05, 0) is 54.8 Å². The van der Waals surface area contributed by atoms with Gasteiger partial charge in [0.25, 0.3) is 0 Å². The lowest BCUT2D eigenvalue weighted by molar-refractivity contribution is 0.104. The third-order valence-electron chi connectivity index (χ3n) is 4.62. The van der Waals surface area contributed by atoms with Crippen LogP contribution >= 0.6 is 38.6 Å². The highest BCUT2D eigenvalue weighted by molar-refractivity contribution is 9.10. The molecule has 6 nitrogen and oxygen atoms in total. The van der Waals surface area contributed by atoms with E-state index in [2.05, 4.69) is 31.2 Å². The van der Waals surface area contributed by atoms with E-state index in [1.54, 1.807) is 10.7 Å². The lowest BCUT2D eigenvalue weighted by atomic mass is 10.2. The van der Waals surface area contributed by atoms with E-state index >= 15 is 0 Å². The van der Waals surface area contributed by atoms with Gasteiger partial charge in [-0.1, -0.05) is 51.5 Å². The van der Waals surface area contributed by atoms with Crippen LogP contribution < -0.4 is 4.80 Å². The van der Waals surface area contributed by atoms with Crippen molar-refractivity contribution in [2.45, 2.75) is 6.92 Å². The van der Waals surface area contributed by atoms with E-state index in [9.17, 15) is 4.79 Å². The molecule has 0 radical (unpaired) electrons. The monoisotopic (exact) mass is 522 g/mol. The molecule has 5 rings (SSSR count). The Kier molecular flexibility index (Phi) is 5.69. The summed E-state index contributed by atoms with van der Waals surface area (Å²) in [4.78, 5) is 14.0. The number of halogens is 1. The SMILES string of the molecule is C/C(=N/N=c1\sc(C(=O)c2cccs2)nn1-c1ccccc1)c1cc2cc(Br)ccc2o1. The average Bonchev–Trinajstić information content (AvgIpc) is 3.57. The zero-order valence-corrected chi connectivity index (χ0v) is 19.9. The molecule has 2 aromatic carbocycles. The Morgan fingerprint density at radius 1 is 1.09 bits per heavy atom. The zero-order valence-electron chi connectivity index (χ0n) is 16.7. The first-order chi connectivity index (χ1) is 15.6. The van der Waals surface area contributed by atoms with Gasteiger partial charge in [0.05, 0.1) is 10.6 Å². The van der Waals surface area contributed by atoms with Crippen molar-refractivity contribution in [2.24, 2.45) is 10.2 Å². The van der Waals surface area contributed by atoms with Crippen LogP contribution in [0.25, 0.3) is 16.7 Å². The summed E-state index contributed by atoms with van der Waals surface area (Å²) in [5, 5.41) is 16.5. The molecule has 5 aromatic rings. The molecule has 0 spiro atoms. The summed E-state index contributed by atoms with van der Waals surface area (Å²) < 4.78 is 8.51. The molecule has 0 aliphatic carbocycles. The van der Waals surface area contributed by atoms with Gasteiger partial charge in [-0.15, -0.1) is 21.5 Å². The Bertz CT molecular complexity index is 1510. The summed E-state index contributed by atoms with van der Waals surface area (Å²) in [6, 6.07) is 21.0. The molecule has 0 amide bonds. The highest BCUT2D eigenvalue weighted by atomic mass is 79.9. The molecule has 0 fully saturated rings. The van der Waals surface area contributed by atoms with Crippen molar-refractivity contribution in [3.05, 3.63) is 97.0 Å². The summed E-state index contributed by atoms with van der Waals surface area (Å²) in [6.07, 6.45) is 0. The molecule has 0 atom stereocenters. The predicted octanol–water partition coefficient (Wildman–Crippen LogP) is 6.06. The molecule has 158 valence electrons. The predicted molar refractivity (Wildman–Crippen MR) is 131 cm³/mol. The number of aromatic nitrogens is 2. The first kappa shape index (κ1) is 20.7. The number of furan rings is 1. The van der Waals surface area contributed by atoms with Crippen LogP contribution in [0, 0.1) is 0 Å². The fraction of sp³-hybridized carbons (Fsp3) is 0.0435. The van der Waals surface area contributed by atoms with E-state index in [0.717, 1.165) is 21.1 Å². The summed E-state index contributed by atoms with van der Waals surface area (Å²) in [7, 11) is 0. The van der Waals surface area contributed by atoms with Crippen LogP contribution in [0.4, 0.5) is 0 Å². The first-order valence-corrected chi connectivity index (χ1v) is 12.1. The standard InChI is InChI=1S/C23H15BrN4O2S2/c1-14(19-13-15-12-16(24)9-10-18(15)30-19)25-26-23-28(17-6-3-2-4-7-17)27-22(32-23)21(29)20-8-5-11-31-20/h2-13H,1H3/b25-14-,26-23-. The Morgan fingerprint density at radius 2 is 1.94 bits per heavy atom. The van der Waals surface area contributed by atoms with E-state index in [-0.39, 0.29) is 5.78 Å². The second kappa shape index (κ2) is 8.78. The van der Waals surface area contributed by atoms with E-state index in [1.165, 1.54) is 22.7 Å². The lowest BCUT2D eigenvalue weighted by Gasteiger charge is -1.99. The molecule has 0 aliphatic rings. The van der Waals surface area contributed by atoms with Crippen molar-refractivity contribution >= 4 is 61.1 Å². The third kappa shape index (κ3) is 4.14. The van der Waals surface area contributed by atoms with Crippen LogP contribution in [0.5, 0.6) is 0 Å². The summed E-state index contributed by atoms with van der Waals surface area (Å²) in [5.41, 5.74) is 2.20. The van der Waals surface area contributed by atoms with Gasteiger partial charge in [0.1, 0.15) is 11.3 Å². The van der Waals surface area contributed by atoms with Gasteiger partial charge in [-0.2, -0.15) is 5.10 Å². The van der Waals surface area contributed by atoms with Gasteiger partial charge < -0.3 is 4.42 Å². The van der Waals surface area contributed by atoms with Gasteiger partial charge in [0.2, 0.25) is 10.6 Å². The lowest BCUT2D eigenvalue weighted by Crippen LogP contribution is -2.14. The minimum Gasteiger partial charge on any atom is -0.455 e. The van der Waals surface area contributed by atoms with Crippen LogP contribution in [0.3, 0.4) is 0 Å². The van der Waals surface area contributed by atoms with Crippen LogP contribution in [0.1, 0.15) is 27.4 Å². The Morgan fingerprint density at radius 3 is 2.72 bits per heavy atom. The maximum Gasteiger partial charge on any atom is 0.233 e. The summed E-state index contributed by atoms with van der Waals surface area (Å²) in [6.45, 7) is 1.84. The molecule has 0 saturated carbocycles. The Balaban J connectivity index is 1.58. The number of thiophene rings is 1. The van der Waals surface area contributed by atoms with Gasteiger partial charge in [0.15, 0.2) is 10.8 Å². The third-order valence-corrected chi connectivity index (χ3v) is 6.88. The number of hydrogen-bond donors (Lipinski definition) is 0. The molecule has 3 aromatic heterocycles. The summed E-state index contributed by atoms with van der Waals surface area (Å²) >= 11 is 6.07. The minimum atomic E-state index is -0.125. The van der Waals surface area contributed by atoms with Crippen molar-refractivity contribution in [1.82, 2.24) is 9.78 Å². The molecule has 3 heterocycles. The largest absolute Gasteiger partial charge is 0.455 e. The molecular weight excluding hydrogens is 508 g/mol. The molecule has 0 unspecified atom stereocenters.